The van der Waals surface area contributed by atoms with Gasteiger partial charge in [0.2, 0.25) is 0 Å². The molecule has 2 heterocycles. The van der Waals surface area contributed by atoms with Crippen LogP contribution in [0.15, 0.2) is 12.3 Å². The SMILES string of the molecule is COC1(Cn2cc(Cl)cc2C(=O)O)CCOC1. The van der Waals surface area contributed by atoms with Crippen LogP contribution in [0.5, 0.6) is 0 Å². The van der Waals surface area contributed by atoms with Crippen LogP contribution in [0.2, 0.25) is 5.02 Å². The van der Waals surface area contributed by atoms with Crippen molar-refractivity contribution in [3.05, 3.63) is 23.0 Å². The molecule has 1 aliphatic rings. The van der Waals surface area contributed by atoms with Gasteiger partial charge in [0, 0.05) is 26.3 Å². The average molecular weight is 260 g/mol. The third-order valence-electron chi connectivity index (χ3n) is 3.04. The summed E-state index contributed by atoms with van der Waals surface area (Å²) in [5.74, 6) is -0.998. The van der Waals surface area contributed by atoms with Crippen LogP contribution >= 0.6 is 11.6 Å². The maximum atomic E-state index is 11.1. The van der Waals surface area contributed by atoms with Crippen molar-refractivity contribution < 1.29 is 19.4 Å². The van der Waals surface area contributed by atoms with E-state index in [1.54, 1.807) is 17.9 Å². The highest BCUT2D eigenvalue weighted by molar-refractivity contribution is 6.30. The van der Waals surface area contributed by atoms with Crippen LogP contribution in [0.25, 0.3) is 0 Å². The minimum atomic E-state index is -0.998. The van der Waals surface area contributed by atoms with Gasteiger partial charge in [0.1, 0.15) is 11.3 Å². The number of halogens is 1. The first-order chi connectivity index (χ1) is 8.06. The first-order valence-electron chi connectivity index (χ1n) is 5.28. The van der Waals surface area contributed by atoms with E-state index in [0.29, 0.717) is 24.8 Å². The molecule has 1 N–H and O–H groups in total. The molecule has 1 unspecified atom stereocenters. The summed E-state index contributed by atoms with van der Waals surface area (Å²) >= 11 is 5.83. The Morgan fingerprint density at radius 3 is 3.06 bits per heavy atom. The van der Waals surface area contributed by atoms with Gasteiger partial charge in [0.25, 0.3) is 0 Å². The van der Waals surface area contributed by atoms with Gasteiger partial charge in [0.05, 0.1) is 18.2 Å². The number of carbonyl (C=O) groups is 1. The molecule has 2 rings (SSSR count). The Morgan fingerprint density at radius 1 is 1.76 bits per heavy atom. The van der Waals surface area contributed by atoms with Crippen LogP contribution in [-0.4, -0.2) is 41.6 Å². The topological polar surface area (TPSA) is 60.7 Å². The summed E-state index contributed by atoms with van der Waals surface area (Å²) in [6.45, 7) is 1.53. The van der Waals surface area contributed by atoms with E-state index in [9.17, 15) is 4.79 Å². The van der Waals surface area contributed by atoms with Crippen molar-refractivity contribution >= 4 is 17.6 Å². The van der Waals surface area contributed by atoms with Crippen molar-refractivity contribution in [1.29, 1.82) is 0 Å². The molecule has 94 valence electrons. The largest absolute Gasteiger partial charge is 0.477 e. The van der Waals surface area contributed by atoms with Crippen molar-refractivity contribution in [1.82, 2.24) is 4.57 Å². The Bertz CT molecular complexity index is 423. The lowest BCUT2D eigenvalue weighted by Crippen LogP contribution is -2.37. The zero-order valence-corrected chi connectivity index (χ0v) is 10.2. The fraction of sp³-hybridized carbons (Fsp3) is 0.545. The number of nitrogens with zero attached hydrogens (tertiary/aromatic N) is 1. The van der Waals surface area contributed by atoms with Crippen molar-refractivity contribution in [2.24, 2.45) is 0 Å². The van der Waals surface area contributed by atoms with Gasteiger partial charge < -0.3 is 19.1 Å². The molecular formula is C11H14ClNO4. The van der Waals surface area contributed by atoms with E-state index >= 15 is 0 Å². The van der Waals surface area contributed by atoms with Gasteiger partial charge in [-0.25, -0.2) is 4.79 Å². The van der Waals surface area contributed by atoms with E-state index in [1.807, 2.05) is 0 Å². The van der Waals surface area contributed by atoms with E-state index in [4.69, 9.17) is 26.2 Å². The molecule has 1 atom stereocenters. The highest BCUT2D eigenvalue weighted by Crippen LogP contribution is 2.26. The monoisotopic (exact) mass is 259 g/mol. The van der Waals surface area contributed by atoms with Crippen molar-refractivity contribution in [3.8, 4) is 0 Å². The molecule has 0 spiro atoms. The van der Waals surface area contributed by atoms with Gasteiger partial charge in [-0.3, -0.25) is 0 Å². The second-order valence-corrected chi connectivity index (χ2v) is 4.60. The molecule has 1 aromatic heterocycles. The molecule has 0 amide bonds. The summed E-state index contributed by atoms with van der Waals surface area (Å²) < 4.78 is 12.4. The summed E-state index contributed by atoms with van der Waals surface area (Å²) in [5.41, 5.74) is -0.287. The number of carboxylic acid groups (broad SMARTS) is 1. The van der Waals surface area contributed by atoms with Gasteiger partial charge in [-0.2, -0.15) is 0 Å². The molecule has 0 radical (unpaired) electrons. The van der Waals surface area contributed by atoms with E-state index in [2.05, 4.69) is 0 Å². The number of hydrogen-bond acceptors (Lipinski definition) is 3. The van der Waals surface area contributed by atoms with Crippen LogP contribution in [-0.2, 0) is 16.0 Å². The molecule has 1 fully saturated rings. The van der Waals surface area contributed by atoms with Gasteiger partial charge in [0.15, 0.2) is 0 Å². The van der Waals surface area contributed by atoms with E-state index in [-0.39, 0.29) is 5.69 Å². The molecule has 5 nitrogen and oxygen atoms in total. The summed E-state index contributed by atoms with van der Waals surface area (Å²) in [6.07, 6.45) is 2.35. The highest BCUT2D eigenvalue weighted by atomic mass is 35.5. The van der Waals surface area contributed by atoms with Crippen LogP contribution in [0.1, 0.15) is 16.9 Å². The minimum Gasteiger partial charge on any atom is -0.477 e. The lowest BCUT2D eigenvalue weighted by atomic mass is 10.0. The minimum absolute atomic E-state index is 0.165. The zero-order chi connectivity index (χ0) is 12.5. The standard InChI is InChI=1S/C11H14ClNO4/c1-16-11(2-3-17-7-11)6-13-5-8(12)4-9(13)10(14)15/h4-5H,2-3,6-7H2,1H3,(H,14,15). The number of methoxy groups -OCH3 is 1. The Morgan fingerprint density at radius 2 is 2.53 bits per heavy atom. The normalized spacial score (nSPS) is 24.1. The number of aromatic carboxylic acids is 1. The maximum Gasteiger partial charge on any atom is 0.352 e. The smallest absolute Gasteiger partial charge is 0.352 e. The highest BCUT2D eigenvalue weighted by Gasteiger charge is 2.36. The zero-order valence-electron chi connectivity index (χ0n) is 9.48. The predicted octanol–water partition coefficient (Wildman–Crippen LogP) is 1.65. The van der Waals surface area contributed by atoms with Gasteiger partial charge in [-0.15, -0.1) is 0 Å². The molecule has 0 bridgehead atoms. The quantitative estimate of drug-likeness (QED) is 0.893. The van der Waals surface area contributed by atoms with Crippen molar-refractivity contribution in [2.75, 3.05) is 20.3 Å². The molecule has 6 heteroatoms. The van der Waals surface area contributed by atoms with Crippen molar-refractivity contribution in [2.45, 2.75) is 18.6 Å². The van der Waals surface area contributed by atoms with E-state index in [1.165, 1.54) is 6.07 Å². The third kappa shape index (κ3) is 2.46. The van der Waals surface area contributed by atoms with Crippen LogP contribution in [0.3, 0.4) is 0 Å². The van der Waals surface area contributed by atoms with Crippen LogP contribution in [0, 0.1) is 0 Å². The molecule has 1 aliphatic heterocycles. The molecular weight excluding hydrogens is 246 g/mol. The predicted molar refractivity (Wildman–Crippen MR) is 61.6 cm³/mol. The third-order valence-corrected chi connectivity index (χ3v) is 3.25. The lowest BCUT2D eigenvalue weighted by molar-refractivity contribution is -0.0299. The van der Waals surface area contributed by atoms with Gasteiger partial charge >= 0.3 is 5.97 Å². The van der Waals surface area contributed by atoms with Crippen molar-refractivity contribution in [3.63, 3.8) is 0 Å². The Hall–Kier alpha value is -1.04. The number of carboxylic acids is 1. The molecule has 1 saturated heterocycles. The fourth-order valence-corrected chi connectivity index (χ4v) is 2.25. The molecule has 1 aromatic rings. The lowest BCUT2D eigenvalue weighted by Gasteiger charge is -2.26. The Kier molecular flexibility index (Phi) is 3.42. The summed E-state index contributed by atoms with van der Waals surface area (Å²) in [5, 5.41) is 9.47. The second kappa shape index (κ2) is 4.68. The van der Waals surface area contributed by atoms with E-state index in [0.717, 1.165) is 6.42 Å². The second-order valence-electron chi connectivity index (χ2n) is 4.17. The molecule has 0 saturated carbocycles. The number of aromatic nitrogens is 1. The average Bonchev–Trinajstić information content (AvgIpc) is 2.87. The van der Waals surface area contributed by atoms with Crippen LogP contribution < -0.4 is 0 Å². The summed E-state index contributed by atoms with van der Waals surface area (Å²) in [4.78, 5) is 11.1. The summed E-state index contributed by atoms with van der Waals surface area (Å²) in [6, 6.07) is 1.43. The van der Waals surface area contributed by atoms with E-state index < -0.39 is 11.6 Å². The Balaban J connectivity index is 2.25. The van der Waals surface area contributed by atoms with Gasteiger partial charge in [-0.05, 0) is 6.07 Å². The fourth-order valence-electron chi connectivity index (χ4n) is 2.03. The molecule has 17 heavy (non-hydrogen) atoms. The maximum absolute atomic E-state index is 11.1. The summed E-state index contributed by atoms with van der Waals surface area (Å²) in [7, 11) is 1.61. The van der Waals surface area contributed by atoms with Gasteiger partial charge in [-0.1, -0.05) is 11.6 Å². The number of hydrogen-bond donors (Lipinski definition) is 1. The Labute approximate surface area is 104 Å². The first-order valence-corrected chi connectivity index (χ1v) is 5.66. The molecule has 0 aliphatic carbocycles. The molecule has 0 aromatic carbocycles. The number of ether oxygens (including phenoxy) is 2. The first kappa shape index (κ1) is 12.4. The number of rotatable bonds is 4. The van der Waals surface area contributed by atoms with Crippen LogP contribution in [0.4, 0.5) is 0 Å².